The molecule has 0 unspecified atom stereocenters. The van der Waals surface area contributed by atoms with E-state index < -0.39 is 6.09 Å². The fraction of sp³-hybridized carbons (Fsp3) is 0.160. The number of nitrogens with zero attached hydrogens (tertiary/aromatic N) is 2. The molecule has 33 heavy (non-hydrogen) atoms. The average Bonchev–Trinajstić information content (AvgIpc) is 3.46. The largest absolute Gasteiger partial charge is 0.453 e. The molecule has 8 heteroatoms. The van der Waals surface area contributed by atoms with Gasteiger partial charge in [0.1, 0.15) is 6.26 Å². The SMILES string of the molecule is COC(=O)NC/C=C\c1nc(C(=O)Nc2cccc3c2ccn3Cc2ccccc2C)co1. The molecule has 0 atom stereocenters. The van der Waals surface area contributed by atoms with Crippen molar-refractivity contribution in [2.45, 2.75) is 13.5 Å². The van der Waals surface area contributed by atoms with E-state index in [4.69, 9.17) is 4.42 Å². The number of rotatable bonds is 7. The number of aryl methyl sites for hydroxylation is 1. The fourth-order valence-electron chi connectivity index (χ4n) is 3.47. The van der Waals surface area contributed by atoms with Gasteiger partial charge in [0.2, 0.25) is 5.89 Å². The van der Waals surface area contributed by atoms with Gasteiger partial charge in [-0.15, -0.1) is 0 Å². The van der Waals surface area contributed by atoms with E-state index in [0.717, 1.165) is 17.4 Å². The molecule has 2 N–H and O–H groups in total. The van der Waals surface area contributed by atoms with Gasteiger partial charge in [0.15, 0.2) is 5.69 Å². The molecule has 0 saturated heterocycles. The van der Waals surface area contributed by atoms with Gasteiger partial charge >= 0.3 is 6.09 Å². The summed E-state index contributed by atoms with van der Waals surface area (Å²) in [4.78, 5) is 27.9. The normalized spacial score (nSPS) is 11.1. The molecule has 0 bridgehead atoms. The van der Waals surface area contributed by atoms with Gasteiger partial charge in [-0.3, -0.25) is 4.79 Å². The maximum absolute atomic E-state index is 12.7. The highest BCUT2D eigenvalue weighted by atomic mass is 16.5. The standard InChI is InChI=1S/C25H24N4O4/c1-17-7-3-4-8-18(17)15-29-14-12-19-20(9-5-10-22(19)29)28-24(30)21-16-33-23(27-21)11-6-13-26-25(31)32-2/h3-12,14,16H,13,15H2,1-2H3,(H,26,31)(H,28,30)/b11-6-. The van der Waals surface area contributed by atoms with Gasteiger partial charge in [-0.25, -0.2) is 9.78 Å². The number of hydrogen-bond donors (Lipinski definition) is 2. The lowest BCUT2D eigenvalue weighted by Crippen LogP contribution is -2.22. The number of benzene rings is 2. The van der Waals surface area contributed by atoms with Crippen LogP contribution in [-0.4, -0.2) is 35.2 Å². The lowest BCUT2D eigenvalue weighted by atomic mass is 10.1. The number of hydrogen-bond acceptors (Lipinski definition) is 5. The van der Waals surface area contributed by atoms with E-state index in [2.05, 4.69) is 44.0 Å². The topological polar surface area (TPSA) is 98.4 Å². The van der Waals surface area contributed by atoms with Crippen LogP contribution in [0.15, 0.2) is 71.5 Å². The van der Waals surface area contributed by atoms with Crippen LogP contribution in [0.1, 0.15) is 27.5 Å². The van der Waals surface area contributed by atoms with Crippen LogP contribution in [0.4, 0.5) is 10.5 Å². The van der Waals surface area contributed by atoms with Gasteiger partial charge in [0.25, 0.3) is 5.91 Å². The first kappa shape index (κ1) is 21.9. The summed E-state index contributed by atoms with van der Waals surface area (Å²) >= 11 is 0. The van der Waals surface area contributed by atoms with Crippen molar-refractivity contribution in [2.24, 2.45) is 0 Å². The summed E-state index contributed by atoms with van der Waals surface area (Å²) < 4.78 is 12.0. The molecule has 0 aliphatic rings. The van der Waals surface area contributed by atoms with Crippen molar-refractivity contribution in [3.8, 4) is 0 Å². The molecule has 168 valence electrons. The molecule has 4 rings (SSSR count). The Labute approximate surface area is 190 Å². The first-order valence-electron chi connectivity index (χ1n) is 10.4. The number of carbonyl (C=O) groups excluding carboxylic acids is 2. The number of alkyl carbamates (subject to hydrolysis) is 1. The van der Waals surface area contributed by atoms with Crippen molar-refractivity contribution < 1.29 is 18.7 Å². The molecule has 4 aromatic rings. The first-order valence-corrected chi connectivity index (χ1v) is 10.4. The van der Waals surface area contributed by atoms with Crippen LogP contribution in [0.3, 0.4) is 0 Å². The lowest BCUT2D eigenvalue weighted by Gasteiger charge is -2.10. The predicted octanol–water partition coefficient (Wildman–Crippen LogP) is 4.61. The Morgan fingerprint density at radius 1 is 1.15 bits per heavy atom. The molecule has 2 aromatic carbocycles. The number of anilines is 1. The zero-order chi connectivity index (χ0) is 23.2. The second-order valence-electron chi connectivity index (χ2n) is 7.41. The summed E-state index contributed by atoms with van der Waals surface area (Å²) in [5.74, 6) is -0.111. The molecule has 0 radical (unpaired) electrons. The van der Waals surface area contributed by atoms with E-state index in [9.17, 15) is 9.59 Å². The second kappa shape index (κ2) is 9.86. The van der Waals surface area contributed by atoms with Crippen LogP contribution in [-0.2, 0) is 11.3 Å². The minimum atomic E-state index is -0.533. The number of fused-ring (bicyclic) bond motifs is 1. The molecule has 0 spiro atoms. The Hall–Kier alpha value is -4.33. The van der Waals surface area contributed by atoms with Gasteiger partial charge < -0.3 is 24.4 Å². The number of methoxy groups -OCH3 is 1. The van der Waals surface area contributed by atoms with Crippen LogP contribution >= 0.6 is 0 Å². The van der Waals surface area contributed by atoms with Crippen LogP contribution in [0, 0.1) is 6.92 Å². The summed E-state index contributed by atoms with van der Waals surface area (Å²) in [7, 11) is 1.29. The highest BCUT2D eigenvalue weighted by Gasteiger charge is 2.14. The molecule has 2 amide bonds. The van der Waals surface area contributed by atoms with Gasteiger partial charge in [-0.05, 0) is 42.3 Å². The molecule has 0 aliphatic heterocycles. The van der Waals surface area contributed by atoms with E-state index in [-0.39, 0.29) is 24.0 Å². The average molecular weight is 444 g/mol. The molecule has 0 aliphatic carbocycles. The quantitative estimate of drug-likeness (QED) is 0.434. The van der Waals surface area contributed by atoms with E-state index in [1.807, 2.05) is 42.6 Å². The monoisotopic (exact) mass is 444 g/mol. The second-order valence-corrected chi connectivity index (χ2v) is 7.41. The third kappa shape index (κ3) is 5.12. The Kier molecular flexibility index (Phi) is 6.54. The van der Waals surface area contributed by atoms with Crippen LogP contribution in [0.5, 0.6) is 0 Å². The smallest absolute Gasteiger partial charge is 0.407 e. The third-order valence-electron chi connectivity index (χ3n) is 5.23. The van der Waals surface area contributed by atoms with Gasteiger partial charge in [-0.2, -0.15) is 0 Å². The van der Waals surface area contributed by atoms with Crippen molar-refractivity contribution in [2.75, 3.05) is 19.0 Å². The number of ether oxygens (including phenoxy) is 1. The van der Waals surface area contributed by atoms with Crippen molar-refractivity contribution in [3.05, 3.63) is 89.8 Å². The van der Waals surface area contributed by atoms with Crippen molar-refractivity contribution >= 4 is 34.7 Å². The van der Waals surface area contributed by atoms with E-state index in [1.165, 1.54) is 24.5 Å². The van der Waals surface area contributed by atoms with Crippen molar-refractivity contribution in [1.82, 2.24) is 14.9 Å². The number of amides is 2. The summed E-state index contributed by atoms with van der Waals surface area (Å²) in [6, 6.07) is 16.1. The first-order chi connectivity index (χ1) is 16.0. The molecular weight excluding hydrogens is 420 g/mol. The highest BCUT2D eigenvalue weighted by Crippen LogP contribution is 2.26. The van der Waals surface area contributed by atoms with E-state index >= 15 is 0 Å². The Bertz CT molecular complexity index is 1320. The predicted molar refractivity (Wildman–Crippen MR) is 126 cm³/mol. The maximum atomic E-state index is 12.7. The number of nitrogens with one attached hydrogen (secondary N) is 2. The van der Waals surface area contributed by atoms with Gasteiger partial charge in [0.05, 0.1) is 18.3 Å². The molecule has 8 nitrogen and oxygen atoms in total. The zero-order valence-electron chi connectivity index (χ0n) is 18.4. The van der Waals surface area contributed by atoms with Gasteiger partial charge in [-0.1, -0.05) is 36.4 Å². The minimum absolute atomic E-state index is 0.159. The van der Waals surface area contributed by atoms with Crippen molar-refractivity contribution in [3.63, 3.8) is 0 Å². The minimum Gasteiger partial charge on any atom is -0.453 e. The summed E-state index contributed by atoms with van der Waals surface area (Å²) in [6.45, 7) is 3.10. The highest BCUT2D eigenvalue weighted by molar-refractivity contribution is 6.07. The van der Waals surface area contributed by atoms with Crippen LogP contribution < -0.4 is 10.6 Å². The molecule has 0 fully saturated rings. The Morgan fingerprint density at radius 3 is 2.82 bits per heavy atom. The zero-order valence-corrected chi connectivity index (χ0v) is 18.4. The van der Waals surface area contributed by atoms with Crippen LogP contribution in [0.25, 0.3) is 17.0 Å². The Balaban J connectivity index is 1.46. The fourth-order valence-corrected chi connectivity index (χ4v) is 3.47. The third-order valence-corrected chi connectivity index (χ3v) is 5.23. The van der Waals surface area contributed by atoms with Crippen LogP contribution in [0.2, 0.25) is 0 Å². The summed E-state index contributed by atoms with van der Waals surface area (Å²) in [5.41, 5.74) is 4.36. The molecular formula is C25H24N4O4. The Morgan fingerprint density at radius 2 is 2.00 bits per heavy atom. The number of oxazole rings is 1. The summed E-state index contributed by atoms with van der Waals surface area (Å²) in [5, 5.41) is 6.37. The number of carbonyl (C=O) groups is 2. The van der Waals surface area contributed by atoms with E-state index in [1.54, 1.807) is 12.2 Å². The summed E-state index contributed by atoms with van der Waals surface area (Å²) in [6.07, 6.45) is 6.00. The molecule has 2 aromatic heterocycles. The maximum Gasteiger partial charge on any atom is 0.407 e. The number of aromatic nitrogens is 2. The lowest BCUT2D eigenvalue weighted by molar-refractivity contribution is 0.102. The molecule has 2 heterocycles. The van der Waals surface area contributed by atoms with Crippen molar-refractivity contribution in [1.29, 1.82) is 0 Å². The van der Waals surface area contributed by atoms with Gasteiger partial charge in [0, 0.05) is 24.7 Å². The molecule has 0 saturated carbocycles. The van der Waals surface area contributed by atoms with E-state index in [0.29, 0.717) is 5.69 Å².